The van der Waals surface area contributed by atoms with E-state index in [0.717, 1.165) is 42.3 Å². The number of aliphatic carboxylic acids is 1. The SMILES string of the molecule is Cc1nn(Cc2ccc(F)c(F)c2)c2c1CCN(C(=O)CC1CCC(C(=O)O)CC1)C2. The molecule has 0 radical (unpaired) electrons. The van der Waals surface area contributed by atoms with Crippen molar-refractivity contribution in [2.75, 3.05) is 6.54 Å². The molecule has 0 unspecified atom stereocenters. The lowest BCUT2D eigenvalue weighted by Crippen LogP contribution is -2.38. The maximum Gasteiger partial charge on any atom is 0.306 e. The molecule has 0 spiro atoms. The van der Waals surface area contributed by atoms with Gasteiger partial charge in [-0.15, -0.1) is 0 Å². The van der Waals surface area contributed by atoms with Gasteiger partial charge in [0.2, 0.25) is 5.91 Å². The first-order valence-corrected chi connectivity index (χ1v) is 10.8. The summed E-state index contributed by atoms with van der Waals surface area (Å²) in [5.74, 6) is -2.46. The number of carbonyl (C=O) groups is 2. The van der Waals surface area contributed by atoms with Crippen LogP contribution in [-0.2, 0) is 29.1 Å². The molecule has 1 aromatic heterocycles. The van der Waals surface area contributed by atoms with Gasteiger partial charge < -0.3 is 10.0 Å². The van der Waals surface area contributed by atoms with Gasteiger partial charge in [-0.2, -0.15) is 5.10 Å². The Balaban J connectivity index is 1.42. The summed E-state index contributed by atoms with van der Waals surface area (Å²) in [6.45, 7) is 3.32. The summed E-state index contributed by atoms with van der Waals surface area (Å²) in [5, 5.41) is 13.7. The standard InChI is InChI=1S/C23H27F2N3O3/c1-14-18-8-9-27(22(29)11-15-2-5-17(6-3-15)23(30)31)13-21(18)28(26-14)12-16-4-7-19(24)20(25)10-16/h4,7,10,15,17H,2-3,5-6,8-9,11-13H2,1H3,(H,30,31). The molecule has 166 valence electrons. The van der Waals surface area contributed by atoms with E-state index in [-0.39, 0.29) is 17.7 Å². The summed E-state index contributed by atoms with van der Waals surface area (Å²) >= 11 is 0. The predicted molar refractivity (Wildman–Crippen MR) is 109 cm³/mol. The van der Waals surface area contributed by atoms with Crippen LogP contribution in [0.15, 0.2) is 18.2 Å². The van der Waals surface area contributed by atoms with Crippen LogP contribution >= 0.6 is 0 Å². The van der Waals surface area contributed by atoms with Gasteiger partial charge in [-0.3, -0.25) is 14.3 Å². The normalized spacial score (nSPS) is 21.1. The highest BCUT2D eigenvalue weighted by Crippen LogP contribution is 2.32. The number of benzene rings is 1. The van der Waals surface area contributed by atoms with Crippen LogP contribution in [0.25, 0.3) is 0 Å². The smallest absolute Gasteiger partial charge is 0.306 e. The van der Waals surface area contributed by atoms with Crippen molar-refractivity contribution in [3.63, 3.8) is 0 Å². The molecule has 2 aliphatic rings. The molecule has 0 bridgehead atoms. The molecule has 2 aromatic rings. The summed E-state index contributed by atoms with van der Waals surface area (Å²) < 4.78 is 28.6. The van der Waals surface area contributed by atoms with Crippen molar-refractivity contribution in [2.24, 2.45) is 11.8 Å². The number of carboxylic acid groups (broad SMARTS) is 1. The third-order valence-electron chi connectivity index (χ3n) is 6.67. The van der Waals surface area contributed by atoms with Crippen molar-refractivity contribution in [2.45, 2.75) is 58.5 Å². The number of aromatic nitrogens is 2. The van der Waals surface area contributed by atoms with Crippen molar-refractivity contribution in [1.29, 1.82) is 0 Å². The number of rotatable bonds is 5. The Bertz CT molecular complexity index is 996. The van der Waals surface area contributed by atoms with Crippen LogP contribution in [0.2, 0.25) is 0 Å². The Morgan fingerprint density at radius 3 is 2.58 bits per heavy atom. The fourth-order valence-corrected chi connectivity index (χ4v) is 4.82. The fourth-order valence-electron chi connectivity index (χ4n) is 4.82. The maximum atomic E-state index is 13.6. The largest absolute Gasteiger partial charge is 0.481 e. The van der Waals surface area contributed by atoms with E-state index in [9.17, 15) is 18.4 Å². The first-order valence-electron chi connectivity index (χ1n) is 10.8. The number of hydrogen-bond acceptors (Lipinski definition) is 3. The van der Waals surface area contributed by atoms with Crippen molar-refractivity contribution in [3.8, 4) is 0 Å². The van der Waals surface area contributed by atoms with Crippen LogP contribution in [-0.4, -0.2) is 38.2 Å². The number of fused-ring (bicyclic) bond motifs is 1. The van der Waals surface area contributed by atoms with Gasteiger partial charge in [0, 0.05) is 13.0 Å². The average Bonchev–Trinajstić information content (AvgIpc) is 3.06. The second-order valence-corrected chi connectivity index (χ2v) is 8.74. The highest BCUT2D eigenvalue weighted by atomic mass is 19.2. The molecule has 31 heavy (non-hydrogen) atoms. The van der Waals surface area contributed by atoms with Crippen LogP contribution in [0.4, 0.5) is 8.78 Å². The minimum absolute atomic E-state index is 0.0858. The summed E-state index contributed by atoms with van der Waals surface area (Å²) in [7, 11) is 0. The number of halogens is 2. The van der Waals surface area contributed by atoms with E-state index in [2.05, 4.69) is 5.10 Å². The van der Waals surface area contributed by atoms with Crippen LogP contribution < -0.4 is 0 Å². The van der Waals surface area contributed by atoms with Crippen LogP contribution in [0.5, 0.6) is 0 Å². The molecule has 1 aliphatic heterocycles. The predicted octanol–water partition coefficient (Wildman–Crippen LogP) is 3.68. The zero-order chi connectivity index (χ0) is 22.1. The van der Waals surface area contributed by atoms with E-state index in [1.54, 1.807) is 10.7 Å². The molecule has 1 N–H and O–H groups in total. The number of aryl methyl sites for hydroxylation is 1. The Morgan fingerprint density at radius 2 is 1.90 bits per heavy atom. The molecule has 0 atom stereocenters. The highest BCUT2D eigenvalue weighted by molar-refractivity contribution is 5.77. The van der Waals surface area contributed by atoms with Gasteiger partial charge in [0.1, 0.15) is 0 Å². The Kier molecular flexibility index (Phi) is 6.07. The molecule has 6 nitrogen and oxygen atoms in total. The monoisotopic (exact) mass is 431 g/mol. The number of carbonyl (C=O) groups excluding carboxylic acids is 1. The number of carboxylic acids is 1. The van der Waals surface area contributed by atoms with Crippen molar-refractivity contribution in [1.82, 2.24) is 14.7 Å². The minimum Gasteiger partial charge on any atom is -0.481 e. The number of hydrogen-bond donors (Lipinski definition) is 1. The van der Waals surface area contributed by atoms with Gasteiger partial charge in [0.15, 0.2) is 11.6 Å². The first-order chi connectivity index (χ1) is 14.8. The van der Waals surface area contributed by atoms with Gasteiger partial charge >= 0.3 is 5.97 Å². The third-order valence-corrected chi connectivity index (χ3v) is 6.67. The first kappa shape index (κ1) is 21.5. The average molecular weight is 431 g/mol. The molecular formula is C23H27F2N3O3. The third kappa shape index (κ3) is 4.62. The molecule has 1 saturated carbocycles. The quantitative estimate of drug-likeness (QED) is 0.784. The molecular weight excluding hydrogens is 404 g/mol. The van der Waals surface area contributed by atoms with E-state index >= 15 is 0 Å². The van der Waals surface area contributed by atoms with E-state index < -0.39 is 17.6 Å². The van der Waals surface area contributed by atoms with Gasteiger partial charge in [-0.05, 0) is 68.2 Å². The highest BCUT2D eigenvalue weighted by Gasteiger charge is 2.30. The molecule has 1 aliphatic carbocycles. The van der Waals surface area contributed by atoms with Gasteiger partial charge in [-0.25, -0.2) is 8.78 Å². The lowest BCUT2D eigenvalue weighted by Gasteiger charge is -2.31. The molecule has 0 saturated heterocycles. The molecule has 8 heteroatoms. The van der Waals surface area contributed by atoms with Gasteiger partial charge in [0.05, 0.1) is 30.4 Å². The van der Waals surface area contributed by atoms with E-state index in [1.807, 2.05) is 11.8 Å². The van der Waals surface area contributed by atoms with Crippen molar-refractivity contribution < 1.29 is 23.5 Å². The summed E-state index contributed by atoms with van der Waals surface area (Å²) in [4.78, 5) is 25.9. The second-order valence-electron chi connectivity index (χ2n) is 8.74. The number of amides is 1. The van der Waals surface area contributed by atoms with Gasteiger partial charge in [-0.1, -0.05) is 6.07 Å². The van der Waals surface area contributed by atoms with Crippen molar-refractivity contribution in [3.05, 3.63) is 52.3 Å². The van der Waals surface area contributed by atoms with Crippen LogP contribution in [0.1, 0.15) is 54.6 Å². The molecule has 2 heterocycles. The molecule has 1 amide bonds. The van der Waals surface area contributed by atoms with E-state index in [4.69, 9.17) is 5.11 Å². The zero-order valence-electron chi connectivity index (χ0n) is 17.6. The van der Waals surface area contributed by atoms with E-state index in [0.29, 0.717) is 44.5 Å². The van der Waals surface area contributed by atoms with Crippen LogP contribution in [0.3, 0.4) is 0 Å². The van der Waals surface area contributed by atoms with E-state index in [1.165, 1.54) is 6.07 Å². The maximum absolute atomic E-state index is 13.6. The lowest BCUT2D eigenvalue weighted by atomic mass is 9.80. The zero-order valence-corrected chi connectivity index (χ0v) is 17.6. The molecule has 1 fully saturated rings. The summed E-state index contributed by atoms with van der Waals surface area (Å²) in [6.07, 6.45) is 3.98. The van der Waals surface area contributed by atoms with Crippen LogP contribution in [0, 0.1) is 30.4 Å². The lowest BCUT2D eigenvalue weighted by molar-refractivity contribution is -0.143. The Labute approximate surface area is 179 Å². The number of nitrogens with zero attached hydrogens (tertiary/aromatic N) is 3. The second kappa shape index (κ2) is 8.77. The summed E-state index contributed by atoms with van der Waals surface area (Å²) in [6, 6.07) is 3.83. The Hall–Kier alpha value is -2.77. The van der Waals surface area contributed by atoms with Crippen molar-refractivity contribution >= 4 is 11.9 Å². The minimum atomic E-state index is -0.885. The topological polar surface area (TPSA) is 75.4 Å². The fraction of sp³-hybridized carbons (Fsp3) is 0.522. The molecule has 1 aromatic carbocycles. The summed E-state index contributed by atoms with van der Waals surface area (Å²) in [5.41, 5.74) is 3.57. The Morgan fingerprint density at radius 1 is 1.16 bits per heavy atom. The molecule has 4 rings (SSSR count). The van der Waals surface area contributed by atoms with Gasteiger partial charge in [0.25, 0.3) is 0 Å².